The number of rotatable bonds is 3. The number of ether oxygens (including phenoxy) is 1. The molecule has 0 aromatic heterocycles. The fourth-order valence-electron chi connectivity index (χ4n) is 1.78. The van der Waals surface area contributed by atoms with Crippen molar-refractivity contribution in [3.8, 4) is 5.75 Å². The lowest BCUT2D eigenvalue weighted by Gasteiger charge is -2.14. The van der Waals surface area contributed by atoms with Gasteiger partial charge in [0.25, 0.3) is 0 Å². The summed E-state index contributed by atoms with van der Waals surface area (Å²) in [6, 6.07) is 10.9. The molecule has 0 saturated carbocycles. The Labute approximate surface area is 139 Å². The van der Waals surface area contributed by atoms with Crippen LogP contribution in [0.3, 0.4) is 0 Å². The molecule has 2 aromatic carbocycles. The summed E-state index contributed by atoms with van der Waals surface area (Å²) in [5.41, 5.74) is 2.54. The molecule has 0 amide bonds. The van der Waals surface area contributed by atoms with Crippen molar-refractivity contribution >= 4 is 51.9 Å². The van der Waals surface area contributed by atoms with Crippen molar-refractivity contribution in [3.05, 3.63) is 52.0 Å². The van der Waals surface area contributed by atoms with Crippen molar-refractivity contribution in [1.82, 2.24) is 0 Å². The van der Waals surface area contributed by atoms with Crippen molar-refractivity contribution < 1.29 is 4.74 Å². The third kappa shape index (κ3) is 4.24. The van der Waals surface area contributed by atoms with E-state index in [0.29, 0.717) is 21.6 Å². The Hall–Kier alpha value is -1.49. The van der Waals surface area contributed by atoms with E-state index in [1.54, 1.807) is 25.3 Å². The highest BCUT2D eigenvalue weighted by atomic mass is 35.5. The molecule has 0 fully saturated rings. The lowest BCUT2D eigenvalue weighted by molar-refractivity contribution is 0.417. The maximum absolute atomic E-state index is 6.00. The number of hydrogen-bond donors (Lipinski definition) is 2. The quantitative estimate of drug-likeness (QED) is 0.759. The van der Waals surface area contributed by atoms with Gasteiger partial charge in [0.05, 0.1) is 12.8 Å². The molecule has 0 aliphatic rings. The first kappa shape index (κ1) is 15.9. The van der Waals surface area contributed by atoms with Crippen LogP contribution >= 0.6 is 35.4 Å². The average molecular weight is 341 g/mol. The summed E-state index contributed by atoms with van der Waals surface area (Å²) in [6.07, 6.45) is 0. The van der Waals surface area contributed by atoms with Gasteiger partial charge in [0.15, 0.2) is 5.11 Å². The highest BCUT2D eigenvalue weighted by molar-refractivity contribution is 7.80. The van der Waals surface area contributed by atoms with Crippen LogP contribution in [0.15, 0.2) is 36.4 Å². The number of halogens is 2. The predicted molar refractivity (Wildman–Crippen MR) is 94.0 cm³/mol. The summed E-state index contributed by atoms with van der Waals surface area (Å²) in [6.45, 7) is 1.93. The maximum Gasteiger partial charge on any atom is 0.175 e. The van der Waals surface area contributed by atoms with Gasteiger partial charge in [0, 0.05) is 15.7 Å². The van der Waals surface area contributed by atoms with E-state index in [-0.39, 0.29) is 0 Å². The van der Waals surface area contributed by atoms with E-state index in [2.05, 4.69) is 10.6 Å². The van der Waals surface area contributed by atoms with Crippen molar-refractivity contribution in [2.24, 2.45) is 0 Å². The van der Waals surface area contributed by atoms with Crippen LogP contribution in [-0.2, 0) is 0 Å². The molecule has 0 saturated heterocycles. The Morgan fingerprint density at radius 1 is 1.10 bits per heavy atom. The fourth-order valence-corrected chi connectivity index (χ4v) is 2.30. The Morgan fingerprint density at radius 2 is 1.86 bits per heavy atom. The van der Waals surface area contributed by atoms with Crippen LogP contribution in [0.4, 0.5) is 11.4 Å². The molecule has 3 nitrogen and oxygen atoms in total. The van der Waals surface area contributed by atoms with Gasteiger partial charge >= 0.3 is 0 Å². The second kappa shape index (κ2) is 6.98. The molecule has 6 heteroatoms. The van der Waals surface area contributed by atoms with E-state index < -0.39 is 0 Å². The molecule has 0 heterocycles. The Morgan fingerprint density at radius 3 is 2.52 bits per heavy atom. The lowest BCUT2D eigenvalue weighted by atomic mass is 10.2. The van der Waals surface area contributed by atoms with E-state index in [0.717, 1.165) is 16.3 Å². The first-order valence-corrected chi connectivity index (χ1v) is 7.33. The van der Waals surface area contributed by atoms with Gasteiger partial charge in [-0.2, -0.15) is 0 Å². The third-order valence-corrected chi connectivity index (χ3v) is 3.69. The number of thiocarbonyl (C=S) groups is 1. The van der Waals surface area contributed by atoms with Crippen molar-refractivity contribution in [2.45, 2.75) is 6.92 Å². The Kier molecular flexibility index (Phi) is 5.28. The van der Waals surface area contributed by atoms with Gasteiger partial charge < -0.3 is 15.4 Å². The lowest BCUT2D eigenvalue weighted by Crippen LogP contribution is -2.19. The van der Waals surface area contributed by atoms with Crippen LogP contribution in [0, 0.1) is 6.92 Å². The molecule has 0 atom stereocenters. The topological polar surface area (TPSA) is 33.3 Å². The molecule has 0 radical (unpaired) electrons. The Balaban J connectivity index is 2.11. The van der Waals surface area contributed by atoms with Gasteiger partial charge in [0.1, 0.15) is 5.75 Å². The minimum atomic E-state index is 0.442. The van der Waals surface area contributed by atoms with Crippen molar-refractivity contribution in [1.29, 1.82) is 0 Å². The van der Waals surface area contributed by atoms with E-state index in [1.165, 1.54) is 0 Å². The molecule has 2 aromatic rings. The molecule has 21 heavy (non-hydrogen) atoms. The third-order valence-electron chi connectivity index (χ3n) is 2.83. The van der Waals surface area contributed by atoms with Gasteiger partial charge in [-0.1, -0.05) is 23.2 Å². The second-order valence-electron chi connectivity index (χ2n) is 4.39. The first-order chi connectivity index (χ1) is 9.99. The van der Waals surface area contributed by atoms with Gasteiger partial charge in [-0.15, -0.1) is 0 Å². The van der Waals surface area contributed by atoms with Crippen molar-refractivity contribution in [2.75, 3.05) is 17.7 Å². The van der Waals surface area contributed by atoms with E-state index >= 15 is 0 Å². The molecule has 0 spiro atoms. The molecule has 0 aliphatic heterocycles. The van der Waals surface area contributed by atoms with Crippen LogP contribution in [-0.4, -0.2) is 12.2 Å². The summed E-state index contributed by atoms with van der Waals surface area (Å²) in [7, 11) is 1.59. The van der Waals surface area contributed by atoms with Crippen LogP contribution in [0.1, 0.15) is 5.56 Å². The molecule has 0 bridgehead atoms. The molecule has 0 aliphatic carbocycles. The molecule has 0 unspecified atom stereocenters. The van der Waals surface area contributed by atoms with Crippen LogP contribution < -0.4 is 15.4 Å². The van der Waals surface area contributed by atoms with Crippen molar-refractivity contribution in [3.63, 3.8) is 0 Å². The minimum Gasteiger partial charge on any atom is -0.495 e. The summed E-state index contributed by atoms with van der Waals surface area (Å²) < 4.78 is 5.26. The largest absolute Gasteiger partial charge is 0.495 e. The molecular weight excluding hydrogens is 327 g/mol. The highest BCUT2D eigenvalue weighted by Crippen LogP contribution is 2.28. The number of nitrogens with one attached hydrogen (secondary N) is 2. The van der Waals surface area contributed by atoms with Gasteiger partial charge in [-0.3, -0.25) is 0 Å². The average Bonchev–Trinajstić information content (AvgIpc) is 2.43. The van der Waals surface area contributed by atoms with Crippen LogP contribution in [0.25, 0.3) is 0 Å². The summed E-state index contributed by atoms with van der Waals surface area (Å²) in [5, 5.41) is 7.92. The van der Waals surface area contributed by atoms with Gasteiger partial charge in [-0.25, -0.2) is 0 Å². The predicted octanol–water partition coefficient (Wildman–Crippen LogP) is 5.12. The monoisotopic (exact) mass is 340 g/mol. The van der Waals surface area contributed by atoms with E-state index in [4.69, 9.17) is 40.2 Å². The molecule has 110 valence electrons. The van der Waals surface area contributed by atoms with Gasteiger partial charge in [-0.05, 0) is 61.1 Å². The summed E-state index contributed by atoms with van der Waals surface area (Å²) >= 11 is 17.3. The fraction of sp³-hybridized carbons (Fsp3) is 0.133. The SMILES string of the molecule is COc1ccc(Cl)cc1NC(=S)Nc1ccc(Cl)c(C)c1. The summed E-state index contributed by atoms with van der Waals surface area (Å²) in [5.74, 6) is 0.663. The normalized spacial score (nSPS) is 10.1. The number of aryl methyl sites for hydroxylation is 1. The van der Waals surface area contributed by atoms with E-state index in [9.17, 15) is 0 Å². The van der Waals surface area contributed by atoms with Crippen LogP contribution in [0.5, 0.6) is 5.75 Å². The van der Waals surface area contributed by atoms with E-state index in [1.807, 2.05) is 25.1 Å². The Bertz CT molecular complexity index is 677. The highest BCUT2D eigenvalue weighted by Gasteiger charge is 2.06. The standard InChI is InChI=1S/C15H14Cl2N2OS/c1-9-7-11(4-5-12(9)17)18-15(21)19-13-8-10(16)3-6-14(13)20-2/h3-8H,1-2H3,(H2,18,19,21). The maximum atomic E-state index is 6.00. The van der Waals surface area contributed by atoms with Gasteiger partial charge in [0.2, 0.25) is 0 Å². The summed E-state index contributed by atoms with van der Waals surface area (Å²) in [4.78, 5) is 0. The zero-order valence-corrected chi connectivity index (χ0v) is 13.9. The molecular formula is C15H14Cl2N2OS. The first-order valence-electron chi connectivity index (χ1n) is 6.17. The molecule has 2 N–H and O–H groups in total. The smallest absolute Gasteiger partial charge is 0.175 e. The zero-order valence-electron chi connectivity index (χ0n) is 11.5. The molecule has 2 rings (SSSR count). The van der Waals surface area contributed by atoms with Crippen LogP contribution in [0.2, 0.25) is 10.0 Å². The zero-order chi connectivity index (χ0) is 15.4. The number of benzene rings is 2. The number of methoxy groups -OCH3 is 1. The second-order valence-corrected chi connectivity index (χ2v) is 5.64. The number of hydrogen-bond acceptors (Lipinski definition) is 2. The number of anilines is 2. The minimum absolute atomic E-state index is 0.442.